The molecule has 1 amide bonds. The van der Waals surface area contributed by atoms with Crippen LogP contribution in [-0.4, -0.2) is 45.5 Å². The van der Waals surface area contributed by atoms with Crippen LogP contribution in [0.5, 0.6) is 11.5 Å². The summed E-state index contributed by atoms with van der Waals surface area (Å²) in [4.78, 5) is 26.8. The molecule has 148 valence electrons. The number of fused-ring (bicyclic) bond motifs is 1. The van der Waals surface area contributed by atoms with Gasteiger partial charge in [0.25, 0.3) is 5.56 Å². The highest BCUT2D eigenvalue weighted by Crippen LogP contribution is 2.29. The van der Waals surface area contributed by atoms with Crippen molar-refractivity contribution in [2.75, 3.05) is 25.3 Å². The van der Waals surface area contributed by atoms with Gasteiger partial charge in [-0.25, -0.2) is 0 Å². The second kappa shape index (κ2) is 8.79. The molecule has 0 saturated carbocycles. The number of nitrogens with zero attached hydrogens (tertiary/aromatic N) is 3. The van der Waals surface area contributed by atoms with E-state index >= 15 is 0 Å². The van der Waals surface area contributed by atoms with Crippen molar-refractivity contribution in [2.24, 2.45) is 0 Å². The van der Waals surface area contributed by atoms with E-state index in [-0.39, 0.29) is 17.2 Å². The molecule has 0 atom stereocenters. The number of hydrogen-bond acceptors (Lipinski definition) is 7. The minimum Gasteiger partial charge on any atom is -0.497 e. The number of thioether (sulfide) groups is 1. The van der Waals surface area contributed by atoms with Gasteiger partial charge >= 0.3 is 0 Å². The Balaban J connectivity index is 1.76. The normalized spacial score (nSPS) is 10.8. The molecule has 0 spiro atoms. The molecule has 2 heterocycles. The van der Waals surface area contributed by atoms with Crippen molar-refractivity contribution in [3.05, 3.63) is 40.3 Å². The molecule has 0 aliphatic heterocycles. The zero-order valence-corrected chi connectivity index (χ0v) is 16.6. The Labute approximate surface area is 165 Å². The SMILES string of the molecule is CCCc1cc(=O)[nH]c2nnc(SCC(=O)Nc3cc(OC)ccc3OC)n12. The van der Waals surface area contributed by atoms with Crippen molar-refractivity contribution in [1.82, 2.24) is 19.6 Å². The van der Waals surface area contributed by atoms with Crippen LogP contribution >= 0.6 is 11.8 Å². The number of ether oxygens (including phenoxy) is 2. The standard InChI is InChI=1S/C18H21N5O4S/c1-4-5-11-8-15(24)20-17-21-22-18(23(11)17)28-10-16(25)19-13-9-12(26-2)6-7-14(13)27-3/h6-9H,4-5,10H2,1-3H3,(H,19,25)(H,20,21,24). The number of methoxy groups -OCH3 is 2. The molecule has 0 aliphatic rings. The Morgan fingerprint density at radius 1 is 1.25 bits per heavy atom. The van der Waals surface area contributed by atoms with Crippen molar-refractivity contribution < 1.29 is 14.3 Å². The highest BCUT2D eigenvalue weighted by molar-refractivity contribution is 7.99. The van der Waals surface area contributed by atoms with Gasteiger partial charge in [0.2, 0.25) is 11.7 Å². The molecule has 2 N–H and O–H groups in total. The van der Waals surface area contributed by atoms with Crippen molar-refractivity contribution >= 4 is 29.1 Å². The molecule has 3 rings (SSSR count). The molecule has 28 heavy (non-hydrogen) atoms. The van der Waals surface area contributed by atoms with Crippen molar-refractivity contribution in [1.29, 1.82) is 0 Å². The summed E-state index contributed by atoms with van der Waals surface area (Å²) in [6.45, 7) is 2.03. The lowest BCUT2D eigenvalue weighted by atomic mass is 10.2. The van der Waals surface area contributed by atoms with E-state index in [0.717, 1.165) is 12.1 Å². The Kier molecular flexibility index (Phi) is 6.19. The minimum atomic E-state index is -0.227. The van der Waals surface area contributed by atoms with E-state index in [4.69, 9.17) is 9.47 Å². The number of carbonyl (C=O) groups excluding carboxylic acids is 1. The zero-order valence-electron chi connectivity index (χ0n) is 15.8. The molecule has 0 unspecified atom stereocenters. The molecule has 2 aromatic heterocycles. The quantitative estimate of drug-likeness (QED) is 0.554. The van der Waals surface area contributed by atoms with Gasteiger partial charge in [0.15, 0.2) is 5.16 Å². The van der Waals surface area contributed by atoms with Crippen LogP contribution in [0.2, 0.25) is 0 Å². The van der Waals surface area contributed by atoms with Gasteiger partial charge in [-0.2, -0.15) is 0 Å². The van der Waals surface area contributed by atoms with Gasteiger partial charge in [-0.15, -0.1) is 10.2 Å². The van der Waals surface area contributed by atoms with Gasteiger partial charge in [-0.3, -0.25) is 19.0 Å². The Morgan fingerprint density at radius 3 is 2.79 bits per heavy atom. The van der Waals surface area contributed by atoms with Crippen LogP contribution in [0.25, 0.3) is 5.78 Å². The lowest BCUT2D eigenvalue weighted by Gasteiger charge is -2.11. The average molecular weight is 403 g/mol. The van der Waals surface area contributed by atoms with E-state index in [1.807, 2.05) is 6.92 Å². The number of amides is 1. The van der Waals surface area contributed by atoms with E-state index in [1.54, 1.807) is 29.7 Å². The summed E-state index contributed by atoms with van der Waals surface area (Å²) in [6, 6.07) is 6.70. The number of aromatic amines is 1. The summed E-state index contributed by atoms with van der Waals surface area (Å²) in [5, 5.41) is 11.5. The number of benzene rings is 1. The lowest BCUT2D eigenvalue weighted by molar-refractivity contribution is -0.113. The van der Waals surface area contributed by atoms with Crippen LogP contribution in [0, 0.1) is 0 Å². The minimum absolute atomic E-state index is 0.117. The molecule has 0 radical (unpaired) electrons. The van der Waals surface area contributed by atoms with Gasteiger partial charge in [0.05, 0.1) is 25.7 Å². The maximum atomic E-state index is 12.4. The molecule has 0 fully saturated rings. The summed E-state index contributed by atoms with van der Waals surface area (Å²) < 4.78 is 12.2. The maximum absolute atomic E-state index is 12.4. The Morgan fingerprint density at radius 2 is 2.07 bits per heavy atom. The summed E-state index contributed by atoms with van der Waals surface area (Å²) in [6.07, 6.45) is 1.58. The maximum Gasteiger partial charge on any atom is 0.252 e. The van der Waals surface area contributed by atoms with Gasteiger partial charge in [-0.1, -0.05) is 25.1 Å². The first-order chi connectivity index (χ1) is 13.5. The fourth-order valence-corrected chi connectivity index (χ4v) is 3.50. The van der Waals surface area contributed by atoms with Gasteiger partial charge in [0, 0.05) is 17.8 Å². The van der Waals surface area contributed by atoms with E-state index < -0.39 is 0 Å². The molecule has 3 aromatic rings. The first kappa shape index (κ1) is 19.7. The molecular formula is C18H21N5O4S. The molecule has 1 aromatic carbocycles. The third-order valence-corrected chi connectivity index (χ3v) is 4.90. The third-order valence-electron chi connectivity index (χ3n) is 3.97. The third kappa shape index (κ3) is 4.28. The molecule has 0 aliphatic carbocycles. The summed E-state index contributed by atoms with van der Waals surface area (Å²) in [5.41, 5.74) is 1.11. The summed E-state index contributed by atoms with van der Waals surface area (Å²) in [5.74, 6) is 1.41. The number of carbonyl (C=O) groups is 1. The summed E-state index contributed by atoms with van der Waals surface area (Å²) >= 11 is 1.24. The fraction of sp³-hybridized carbons (Fsp3) is 0.333. The molecule has 10 heteroatoms. The number of H-pyrrole nitrogens is 1. The van der Waals surface area contributed by atoms with Crippen molar-refractivity contribution in [2.45, 2.75) is 24.9 Å². The fourth-order valence-electron chi connectivity index (χ4n) is 2.73. The highest BCUT2D eigenvalue weighted by atomic mass is 32.2. The monoisotopic (exact) mass is 403 g/mol. The zero-order chi connectivity index (χ0) is 20.1. The van der Waals surface area contributed by atoms with Crippen LogP contribution in [0.15, 0.2) is 34.2 Å². The number of nitrogens with one attached hydrogen (secondary N) is 2. The number of aromatic nitrogens is 4. The van der Waals surface area contributed by atoms with Crippen LogP contribution in [0.3, 0.4) is 0 Å². The predicted molar refractivity (Wildman–Crippen MR) is 107 cm³/mol. The predicted octanol–water partition coefficient (Wildman–Crippen LogP) is 2.12. The number of hydrogen-bond donors (Lipinski definition) is 2. The molecule has 0 saturated heterocycles. The van der Waals surface area contributed by atoms with Crippen LogP contribution < -0.4 is 20.3 Å². The second-order valence-electron chi connectivity index (χ2n) is 5.92. The van der Waals surface area contributed by atoms with Gasteiger partial charge in [0.1, 0.15) is 11.5 Å². The molecule has 0 bridgehead atoms. The van der Waals surface area contributed by atoms with Crippen LogP contribution in [-0.2, 0) is 11.2 Å². The van der Waals surface area contributed by atoms with Gasteiger partial charge in [-0.05, 0) is 18.6 Å². The van der Waals surface area contributed by atoms with Crippen LogP contribution in [0.1, 0.15) is 19.0 Å². The number of aryl methyl sites for hydroxylation is 1. The van der Waals surface area contributed by atoms with Gasteiger partial charge < -0.3 is 14.8 Å². The first-order valence-electron chi connectivity index (χ1n) is 8.67. The second-order valence-corrected chi connectivity index (χ2v) is 6.86. The average Bonchev–Trinajstić information content (AvgIpc) is 3.09. The van der Waals surface area contributed by atoms with Crippen molar-refractivity contribution in [3.63, 3.8) is 0 Å². The molecular weight excluding hydrogens is 382 g/mol. The Hall–Kier alpha value is -3.01. The van der Waals surface area contributed by atoms with E-state index in [9.17, 15) is 9.59 Å². The van der Waals surface area contributed by atoms with E-state index in [0.29, 0.717) is 34.5 Å². The molecule has 9 nitrogen and oxygen atoms in total. The lowest BCUT2D eigenvalue weighted by Crippen LogP contribution is -2.16. The first-order valence-corrected chi connectivity index (χ1v) is 9.66. The number of anilines is 1. The number of rotatable bonds is 8. The Bertz CT molecular complexity index is 1050. The van der Waals surface area contributed by atoms with Crippen molar-refractivity contribution in [3.8, 4) is 11.5 Å². The summed E-state index contributed by atoms with van der Waals surface area (Å²) in [7, 11) is 3.09. The highest BCUT2D eigenvalue weighted by Gasteiger charge is 2.15. The van der Waals surface area contributed by atoms with Crippen LogP contribution in [0.4, 0.5) is 5.69 Å². The van der Waals surface area contributed by atoms with E-state index in [1.165, 1.54) is 24.9 Å². The largest absolute Gasteiger partial charge is 0.497 e. The van der Waals surface area contributed by atoms with E-state index in [2.05, 4.69) is 20.5 Å². The smallest absolute Gasteiger partial charge is 0.252 e. The topological polar surface area (TPSA) is 111 Å².